The first kappa shape index (κ1) is 9.59. The second kappa shape index (κ2) is 3.68. The number of Topliss-reactive ketones (excluding diaryl/α,β-unsaturated/α-hetero) is 1. The quantitative estimate of drug-likeness (QED) is 0.584. The Morgan fingerprint density at radius 3 is 2.00 bits per heavy atom. The van der Waals surface area contributed by atoms with Crippen molar-refractivity contribution in [3.8, 4) is 0 Å². The standard InChI is InChI=1S/C7H15NO2/c1-4(2)7(10)6(8)5(3)9/h4,6-7,10H,8H2,1-3H3/t6-,7-/m1/s1. The smallest absolute Gasteiger partial charge is 0.149 e. The number of rotatable bonds is 3. The molecule has 0 aliphatic carbocycles. The molecule has 0 aromatic rings. The number of nitrogens with two attached hydrogens (primary N) is 1. The van der Waals surface area contributed by atoms with Crippen LogP contribution in [0.15, 0.2) is 0 Å². The van der Waals surface area contributed by atoms with E-state index in [0.717, 1.165) is 0 Å². The van der Waals surface area contributed by atoms with Crippen LogP contribution in [0.4, 0.5) is 0 Å². The Morgan fingerprint density at radius 1 is 1.50 bits per heavy atom. The fourth-order valence-electron chi connectivity index (χ4n) is 0.655. The van der Waals surface area contributed by atoms with Gasteiger partial charge in [-0.2, -0.15) is 0 Å². The highest BCUT2D eigenvalue weighted by Gasteiger charge is 2.21. The van der Waals surface area contributed by atoms with Gasteiger partial charge in [-0.05, 0) is 12.8 Å². The van der Waals surface area contributed by atoms with Gasteiger partial charge in [0.25, 0.3) is 0 Å². The van der Waals surface area contributed by atoms with E-state index < -0.39 is 12.1 Å². The molecule has 0 bridgehead atoms. The molecular weight excluding hydrogens is 130 g/mol. The van der Waals surface area contributed by atoms with Crippen molar-refractivity contribution in [1.29, 1.82) is 0 Å². The van der Waals surface area contributed by atoms with E-state index in [0.29, 0.717) is 0 Å². The van der Waals surface area contributed by atoms with Crippen molar-refractivity contribution in [3.63, 3.8) is 0 Å². The van der Waals surface area contributed by atoms with Crippen LogP contribution in [0.1, 0.15) is 20.8 Å². The second-order valence-electron chi connectivity index (χ2n) is 2.87. The molecule has 3 nitrogen and oxygen atoms in total. The summed E-state index contributed by atoms with van der Waals surface area (Å²) in [6.07, 6.45) is -0.711. The van der Waals surface area contributed by atoms with E-state index in [1.165, 1.54) is 6.92 Å². The van der Waals surface area contributed by atoms with Crippen molar-refractivity contribution in [2.45, 2.75) is 32.9 Å². The summed E-state index contributed by atoms with van der Waals surface area (Å²) in [6.45, 7) is 5.04. The molecule has 0 amide bonds. The van der Waals surface area contributed by atoms with E-state index in [-0.39, 0.29) is 11.7 Å². The molecule has 0 rings (SSSR count). The molecule has 0 fully saturated rings. The minimum Gasteiger partial charge on any atom is -0.391 e. The average molecular weight is 145 g/mol. The van der Waals surface area contributed by atoms with E-state index in [1.54, 1.807) is 0 Å². The summed E-state index contributed by atoms with van der Waals surface area (Å²) in [5.41, 5.74) is 5.36. The predicted octanol–water partition coefficient (Wildman–Crippen LogP) is -0.0804. The molecule has 0 aliphatic heterocycles. The first-order valence-electron chi connectivity index (χ1n) is 3.41. The van der Waals surface area contributed by atoms with Crippen LogP contribution in [-0.2, 0) is 4.79 Å². The van der Waals surface area contributed by atoms with Crippen molar-refractivity contribution < 1.29 is 9.90 Å². The summed E-state index contributed by atoms with van der Waals surface area (Å²) in [5, 5.41) is 9.22. The Kier molecular flexibility index (Phi) is 3.53. The number of carbonyl (C=O) groups excluding carboxylic acids is 1. The molecule has 0 aliphatic rings. The molecule has 0 spiro atoms. The molecule has 0 saturated heterocycles. The molecule has 0 unspecified atom stereocenters. The van der Waals surface area contributed by atoms with Crippen LogP contribution in [0, 0.1) is 5.92 Å². The van der Waals surface area contributed by atoms with Crippen molar-refractivity contribution in [2.24, 2.45) is 11.7 Å². The highest BCUT2D eigenvalue weighted by Crippen LogP contribution is 2.04. The van der Waals surface area contributed by atoms with Gasteiger partial charge in [0.2, 0.25) is 0 Å². The molecule has 0 aromatic heterocycles. The summed E-state index contributed by atoms with van der Waals surface area (Å²) in [7, 11) is 0. The van der Waals surface area contributed by atoms with Gasteiger partial charge in [0.05, 0.1) is 12.1 Å². The third-order valence-corrected chi connectivity index (χ3v) is 1.52. The minimum absolute atomic E-state index is 0.0406. The molecule has 0 heterocycles. The minimum atomic E-state index is -0.722. The van der Waals surface area contributed by atoms with Gasteiger partial charge in [-0.3, -0.25) is 4.79 Å². The lowest BCUT2D eigenvalue weighted by Crippen LogP contribution is -2.43. The molecular formula is C7H15NO2. The van der Waals surface area contributed by atoms with Gasteiger partial charge in [-0.1, -0.05) is 13.8 Å². The zero-order valence-electron chi connectivity index (χ0n) is 6.66. The molecule has 60 valence electrons. The van der Waals surface area contributed by atoms with Gasteiger partial charge in [0.1, 0.15) is 5.78 Å². The molecule has 10 heavy (non-hydrogen) atoms. The maximum absolute atomic E-state index is 10.6. The fraction of sp³-hybridized carbons (Fsp3) is 0.857. The summed E-state index contributed by atoms with van der Waals surface area (Å²) in [6, 6.07) is -0.722. The normalized spacial score (nSPS) is 17.0. The van der Waals surface area contributed by atoms with Crippen LogP contribution in [0.2, 0.25) is 0 Å². The monoisotopic (exact) mass is 145 g/mol. The van der Waals surface area contributed by atoms with Crippen LogP contribution in [0.25, 0.3) is 0 Å². The Labute approximate surface area is 61.2 Å². The maximum Gasteiger partial charge on any atom is 0.149 e. The number of aliphatic hydroxyl groups excluding tert-OH is 1. The van der Waals surface area contributed by atoms with E-state index in [1.807, 2.05) is 13.8 Å². The summed E-state index contributed by atoms with van der Waals surface area (Å²) >= 11 is 0. The number of carbonyl (C=O) groups is 1. The molecule has 0 radical (unpaired) electrons. The fourth-order valence-corrected chi connectivity index (χ4v) is 0.655. The highest BCUT2D eigenvalue weighted by molar-refractivity contribution is 5.81. The first-order chi connectivity index (χ1) is 4.46. The summed E-state index contributed by atoms with van der Waals surface area (Å²) < 4.78 is 0. The van der Waals surface area contributed by atoms with Crippen LogP contribution in [0.5, 0.6) is 0 Å². The third-order valence-electron chi connectivity index (χ3n) is 1.52. The number of ketones is 1. The van der Waals surface area contributed by atoms with Gasteiger partial charge in [0, 0.05) is 0 Å². The number of hydrogen-bond acceptors (Lipinski definition) is 3. The van der Waals surface area contributed by atoms with Crippen LogP contribution >= 0.6 is 0 Å². The molecule has 3 heteroatoms. The lowest BCUT2D eigenvalue weighted by molar-refractivity contribution is -0.121. The lowest BCUT2D eigenvalue weighted by atomic mass is 9.98. The van der Waals surface area contributed by atoms with Crippen LogP contribution in [0.3, 0.4) is 0 Å². The van der Waals surface area contributed by atoms with E-state index in [9.17, 15) is 9.90 Å². The molecule has 0 saturated carbocycles. The van der Waals surface area contributed by atoms with Gasteiger partial charge < -0.3 is 10.8 Å². The molecule has 0 aromatic carbocycles. The van der Waals surface area contributed by atoms with Crippen molar-refractivity contribution >= 4 is 5.78 Å². The van der Waals surface area contributed by atoms with Crippen LogP contribution < -0.4 is 5.73 Å². The Balaban J connectivity index is 3.94. The highest BCUT2D eigenvalue weighted by atomic mass is 16.3. The zero-order valence-corrected chi connectivity index (χ0v) is 6.66. The van der Waals surface area contributed by atoms with E-state index >= 15 is 0 Å². The second-order valence-corrected chi connectivity index (χ2v) is 2.87. The lowest BCUT2D eigenvalue weighted by Gasteiger charge is -2.19. The first-order valence-corrected chi connectivity index (χ1v) is 3.41. The maximum atomic E-state index is 10.6. The Hall–Kier alpha value is -0.410. The van der Waals surface area contributed by atoms with Crippen LogP contribution in [-0.4, -0.2) is 23.0 Å². The molecule has 2 atom stereocenters. The molecule has 3 N–H and O–H groups in total. The summed E-state index contributed by atoms with van der Waals surface area (Å²) in [4.78, 5) is 10.6. The average Bonchev–Trinajstić information content (AvgIpc) is 1.84. The third kappa shape index (κ3) is 2.45. The van der Waals surface area contributed by atoms with E-state index in [4.69, 9.17) is 5.73 Å². The predicted molar refractivity (Wildman–Crippen MR) is 39.5 cm³/mol. The van der Waals surface area contributed by atoms with Gasteiger partial charge in [-0.25, -0.2) is 0 Å². The summed E-state index contributed by atoms with van der Waals surface area (Å²) in [5.74, 6) is -0.125. The Morgan fingerprint density at radius 2 is 1.90 bits per heavy atom. The SMILES string of the molecule is CC(=O)[C@@H](N)[C@H](O)C(C)C. The van der Waals surface area contributed by atoms with Crippen molar-refractivity contribution in [2.75, 3.05) is 0 Å². The van der Waals surface area contributed by atoms with Crippen molar-refractivity contribution in [3.05, 3.63) is 0 Å². The number of hydrogen-bond donors (Lipinski definition) is 2. The van der Waals surface area contributed by atoms with Gasteiger partial charge in [0.15, 0.2) is 0 Å². The zero-order chi connectivity index (χ0) is 8.31. The largest absolute Gasteiger partial charge is 0.391 e. The van der Waals surface area contributed by atoms with Gasteiger partial charge >= 0.3 is 0 Å². The van der Waals surface area contributed by atoms with E-state index in [2.05, 4.69) is 0 Å². The van der Waals surface area contributed by atoms with Crippen molar-refractivity contribution in [1.82, 2.24) is 0 Å². The Bertz CT molecular complexity index is 123. The number of aliphatic hydroxyl groups is 1. The van der Waals surface area contributed by atoms with Gasteiger partial charge in [-0.15, -0.1) is 0 Å². The topological polar surface area (TPSA) is 63.3 Å².